The van der Waals surface area contributed by atoms with Crippen LogP contribution in [0.5, 0.6) is 17.2 Å². The monoisotopic (exact) mass is 329 g/mol. The van der Waals surface area contributed by atoms with Crippen LogP contribution in [0.3, 0.4) is 0 Å². The number of nitrogens with one attached hydrogen (secondary N) is 1. The Morgan fingerprint density at radius 2 is 1.58 bits per heavy atom. The van der Waals surface area contributed by atoms with Crippen molar-refractivity contribution in [1.29, 1.82) is 0 Å². The van der Waals surface area contributed by atoms with Gasteiger partial charge in [-0.05, 0) is 50.2 Å². The van der Waals surface area contributed by atoms with Gasteiger partial charge in [0.1, 0.15) is 23.9 Å². The minimum atomic E-state index is -0.558. The number of carbonyl (C=O) groups is 1. The van der Waals surface area contributed by atoms with Crippen LogP contribution in [0.15, 0.2) is 54.6 Å². The van der Waals surface area contributed by atoms with Gasteiger partial charge in [0.25, 0.3) is 5.91 Å². The Morgan fingerprint density at radius 3 is 2.21 bits per heavy atom. The lowest BCUT2D eigenvalue weighted by atomic mass is 10.3. The molecule has 0 bridgehead atoms. The lowest BCUT2D eigenvalue weighted by Gasteiger charge is -2.15. The molecule has 0 saturated carbocycles. The first-order valence-electron chi connectivity index (χ1n) is 8.04. The molecule has 0 aromatic heterocycles. The summed E-state index contributed by atoms with van der Waals surface area (Å²) in [5, 5.41) is 2.79. The van der Waals surface area contributed by atoms with Crippen LogP contribution in [0.4, 0.5) is 0 Å². The maximum Gasteiger partial charge on any atom is 0.260 e. The highest BCUT2D eigenvalue weighted by Crippen LogP contribution is 2.17. The normalized spacial score (nSPS) is 11.4. The van der Waals surface area contributed by atoms with Crippen molar-refractivity contribution >= 4 is 5.91 Å². The van der Waals surface area contributed by atoms with E-state index in [0.29, 0.717) is 25.5 Å². The fourth-order valence-corrected chi connectivity index (χ4v) is 2.04. The fraction of sp³-hybridized carbons (Fsp3) is 0.316. The number of hydrogen-bond acceptors (Lipinski definition) is 4. The highest BCUT2D eigenvalue weighted by atomic mass is 16.5. The summed E-state index contributed by atoms with van der Waals surface area (Å²) in [6.45, 7) is 5.09. The van der Waals surface area contributed by atoms with E-state index in [0.717, 1.165) is 11.5 Å². The Hall–Kier alpha value is -2.69. The van der Waals surface area contributed by atoms with Crippen LogP contribution in [0.1, 0.15) is 13.8 Å². The van der Waals surface area contributed by atoms with E-state index < -0.39 is 6.10 Å². The summed E-state index contributed by atoms with van der Waals surface area (Å²) in [5.41, 5.74) is 0. The largest absolute Gasteiger partial charge is 0.494 e. The van der Waals surface area contributed by atoms with Gasteiger partial charge >= 0.3 is 0 Å². The molecule has 5 heteroatoms. The lowest BCUT2D eigenvalue weighted by Crippen LogP contribution is -2.38. The van der Waals surface area contributed by atoms with E-state index in [1.807, 2.05) is 61.5 Å². The maximum absolute atomic E-state index is 12.0. The van der Waals surface area contributed by atoms with Gasteiger partial charge in [-0.3, -0.25) is 4.79 Å². The quantitative estimate of drug-likeness (QED) is 0.719. The van der Waals surface area contributed by atoms with Gasteiger partial charge in [0, 0.05) is 0 Å². The summed E-state index contributed by atoms with van der Waals surface area (Å²) in [6, 6.07) is 16.7. The number of carbonyl (C=O) groups excluding carboxylic acids is 1. The van der Waals surface area contributed by atoms with Gasteiger partial charge in [-0.1, -0.05) is 18.2 Å². The minimum absolute atomic E-state index is 0.172. The molecule has 1 atom stereocenters. The molecule has 1 N–H and O–H groups in total. The summed E-state index contributed by atoms with van der Waals surface area (Å²) in [4.78, 5) is 12.0. The zero-order valence-corrected chi connectivity index (χ0v) is 14.0. The van der Waals surface area contributed by atoms with E-state index in [-0.39, 0.29) is 5.91 Å². The van der Waals surface area contributed by atoms with Crippen LogP contribution in [0.25, 0.3) is 0 Å². The van der Waals surface area contributed by atoms with Crippen LogP contribution >= 0.6 is 0 Å². The van der Waals surface area contributed by atoms with Gasteiger partial charge in [-0.2, -0.15) is 0 Å². The van der Waals surface area contributed by atoms with Gasteiger partial charge in [-0.25, -0.2) is 0 Å². The molecule has 5 nitrogen and oxygen atoms in total. The Kier molecular flexibility index (Phi) is 6.95. The second-order valence-corrected chi connectivity index (χ2v) is 5.12. The summed E-state index contributed by atoms with van der Waals surface area (Å²) < 4.78 is 16.5. The first-order chi connectivity index (χ1) is 11.7. The third-order valence-corrected chi connectivity index (χ3v) is 3.23. The summed E-state index contributed by atoms with van der Waals surface area (Å²) in [5.74, 6) is 2.05. The number of rotatable bonds is 9. The number of para-hydroxylation sites is 1. The molecule has 2 rings (SSSR count). The Morgan fingerprint density at radius 1 is 0.958 bits per heavy atom. The third-order valence-electron chi connectivity index (χ3n) is 3.23. The van der Waals surface area contributed by atoms with E-state index in [2.05, 4.69) is 5.32 Å². The SMILES string of the molecule is CCOc1ccc(OCCNC(=O)C(C)Oc2ccccc2)cc1. The standard InChI is InChI=1S/C19H23NO4/c1-3-22-16-9-11-17(12-10-16)23-14-13-20-19(21)15(2)24-18-7-5-4-6-8-18/h4-12,15H,3,13-14H2,1-2H3,(H,20,21). The van der Waals surface area contributed by atoms with Crippen molar-refractivity contribution in [3.05, 3.63) is 54.6 Å². The highest BCUT2D eigenvalue weighted by molar-refractivity contribution is 5.80. The lowest BCUT2D eigenvalue weighted by molar-refractivity contribution is -0.127. The van der Waals surface area contributed by atoms with Gasteiger partial charge < -0.3 is 19.5 Å². The molecule has 128 valence electrons. The molecule has 1 unspecified atom stereocenters. The van der Waals surface area contributed by atoms with Crippen LogP contribution in [-0.2, 0) is 4.79 Å². The molecule has 2 aromatic rings. The molecule has 0 fully saturated rings. The molecular formula is C19H23NO4. The molecule has 24 heavy (non-hydrogen) atoms. The van der Waals surface area contributed by atoms with E-state index in [1.54, 1.807) is 6.92 Å². The Labute approximate surface area is 142 Å². The van der Waals surface area contributed by atoms with Crippen molar-refractivity contribution in [3.8, 4) is 17.2 Å². The van der Waals surface area contributed by atoms with Crippen molar-refractivity contribution in [1.82, 2.24) is 5.32 Å². The highest BCUT2D eigenvalue weighted by Gasteiger charge is 2.13. The zero-order chi connectivity index (χ0) is 17.2. The van der Waals surface area contributed by atoms with E-state index in [1.165, 1.54) is 0 Å². The van der Waals surface area contributed by atoms with Gasteiger partial charge in [0.05, 0.1) is 13.2 Å². The second kappa shape index (κ2) is 9.45. The average molecular weight is 329 g/mol. The summed E-state index contributed by atoms with van der Waals surface area (Å²) in [7, 11) is 0. The predicted octanol–water partition coefficient (Wildman–Crippen LogP) is 3.05. The predicted molar refractivity (Wildman–Crippen MR) is 92.6 cm³/mol. The first kappa shape index (κ1) is 17.7. The zero-order valence-electron chi connectivity index (χ0n) is 14.0. The van der Waals surface area contributed by atoms with Gasteiger partial charge in [0.15, 0.2) is 6.10 Å². The molecule has 0 aliphatic carbocycles. The number of benzene rings is 2. The summed E-state index contributed by atoms with van der Waals surface area (Å²) in [6.07, 6.45) is -0.558. The van der Waals surface area contributed by atoms with E-state index in [4.69, 9.17) is 14.2 Å². The topological polar surface area (TPSA) is 56.8 Å². The van der Waals surface area contributed by atoms with Crippen molar-refractivity contribution in [3.63, 3.8) is 0 Å². The molecular weight excluding hydrogens is 306 g/mol. The van der Waals surface area contributed by atoms with E-state index in [9.17, 15) is 4.79 Å². The Balaban J connectivity index is 1.66. The Bertz CT molecular complexity index is 613. The molecule has 0 aliphatic rings. The summed E-state index contributed by atoms with van der Waals surface area (Å²) >= 11 is 0. The second-order valence-electron chi connectivity index (χ2n) is 5.12. The molecule has 1 amide bonds. The number of amides is 1. The maximum atomic E-state index is 12.0. The smallest absolute Gasteiger partial charge is 0.260 e. The van der Waals surface area contributed by atoms with Crippen LogP contribution in [-0.4, -0.2) is 31.8 Å². The van der Waals surface area contributed by atoms with Crippen molar-refractivity contribution in [2.45, 2.75) is 20.0 Å². The molecule has 0 saturated heterocycles. The van der Waals surface area contributed by atoms with Crippen molar-refractivity contribution < 1.29 is 19.0 Å². The van der Waals surface area contributed by atoms with Crippen molar-refractivity contribution in [2.24, 2.45) is 0 Å². The molecule has 0 spiro atoms. The van der Waals surface area contributed by atoms with Crippen molar-refractivity contribution in [2.75, 3.05) is 19.8 Å². The van der Waals surface area contributed by atoms with Gasteiger partial charge in [0.2, 0.25) is 0 Å². The average Bonchev–Trinajstić information content (AvgIpc) is 2.61. The number of ether oxygens (including phenoxy) is 3. The van der Waals surface area contributed by atoms with Crippen LogP contribution < -0.4 is 19.5 Å². The third kappa shape index (κ3) is 5.83. The minimum Gasteiger partial charge on any atom is -0.494 e. The number of hydrogen-bond donors (Lipinski definition) is 1. The fourth-order valence-electron chi connectivity index (χ4n) is 2.04. The molecule has 0 aliphatic heterocycles. The van der Waals surface area contributed by atoms with Gasteiger partial charge in [-0.15, -0.1) is 0 Å². The van der Waals surface area contributed by atoms with E-state index >= 15 is 0 Å². The molecule has 2 aromatic carbocycles. The molecule has 0 heterocycles. The van der Waals surface area contributed by atoms with Crippen LogP contribution in [0, 0.1) is 0 Å². The molecule has 0 radical (unpaired) electrons. The first-order valence-corrected chi connectivity index (χ1v) is 8.04. The van der Waals surface area contributed by atoms with Crippen LogP contribution in [0.2, 0.25) is 0 Å².